The van der Waals surface area contributed by atoms with Crippen molar-refractivity contribution in [1.82, 2.24) is 0 Å². The number of hydrogen-bond acceptors (Lipinski definition) is 1. The molecular formula is C33H38OP+. The zero-order chi connectivity index (χ0) is 24.9. The average molecular weight is 482 g/mol. The lowest BCUT2D eigenvalue weighted by atomic mass is 9.70. The van der Waals surface area contributed by atoms with E-state index in [0.717, 1.165) is 19.3 Å². The van der Waals surface area contributed by atoms with Crippen LogP contribution in [0.5, 0.6) is 0 Å². The molecule has 1 atom stereocenters. The van der Waals surface area contributed by atoms with Gasteiger partial charge in [-0.2, -0.15) is 0 Å². The fraction of sp³-hybridized carbons (Fsp3) is 0.273. The van der Waals surface area contributed by atoms with E-state index >= 15 is 0 Å². The van der Waals surface area contributed by atoms with Crippen molar-refractivity contribution in [2.24, 2.45) is 5.41 Å². The topological polar surface area (TPSA) is 20.2 Å². The van der Waals surface area contributed by atoms with E-state index in [1.54, 1.807) is 0 Å². The number of benzene rings is 3. The maximum atomic E-state index is 10.3. The summed E-state index contributed by atoms with van der Waals surface area (Å²) in [4.78, 5) is 0. The highest BCUT2D eigenvalue weighted by atomic mass is 31.2. The highest BCUT2D eigenvalue weighted by molar-refractivity contribution is 7.98. The predicted molar refractivity (Wildman–Crippen MR) is 154 cm³/mol. The van der Waals surface area contributed by atoms with Crippen molar-refractivity contribution >= 4 is 23.2 Å². The van der Waals surface area contributed by atoms with Crippen LogP contribution in [0.2, 0.25) is 0 Å². The molecule has 1 aliphatic carbocycles. The summed E-state index contributed by atoms with van der Waals surface area (Å²) >= 11 is 0. The van der Waals surface area contributed by atoms with Crippen LogP contribution in [0.3, 0.4) is 0 Å². The molecular weight excluding hydrogens is 443 g/mol. The van der Waals surface area contributed by atoms with Crippen LogP contribution in [-0.4, -0.2) is 11.2 Å². The van der Waals surface area contributed by atoms with Crippen LogP contribution < -0.4 is 15.9 Å². The molecule has 1 aliphatic rings. The number of rotatable bonds is 7. The average Bonchev–Trinajstić information content (AvgIpc) is 2.85. The van der Waals surface area contributed by atoms with Gasteiger partial charge in [-0.25, -0.2) is 0 Å². The summed E-state index contributed by atoms with van der Waals surface area (Å²) in [6.45, 7) is 8.94. The molecule has 0 saturated carbocycles. The van der Waals surface area contributed by atoms with Gasteiger partial charge in [-0.1, -0.05) is 91.2 Å². The van der Waals surface area contributed by atoms with E-state index in [-0.39, 0.29) is 11.5 Å². The monoisotopic (exact) mass is 481 g/mol. The number of allylic oxidation sites excluding steroid dienone is 4. The maximum Gasteiger partial charge on any atom is 0.136 e. The summed E-state index contributed by atoms with van der Waals surface area (Å²) in [6.07, 6.45) is 7.06. The third-order valence-electron chi connectivity index (χ3n) is 7.30. The third kappa shape index (κ3) is 5.58. The summed E-state index contributed by atoms with van der Waals surface area (Å²) in [5.74, 6) is 2.48. The van der Waals surface area contributed by atoms with E-state index in [9.17, 15) is 5.11 Å². The maximum absolute atomic E-state index is 10.3. The van der Waals surface area contributed by atoms with Crippen LogP contribution in [0.25, 0.3) is 0 Å². The number of aliphatic hydroxyl groups excluding tert-OH is 1. The lowest BCUT2D eigenvalue weighted by Crippen LogP contribution is -2.29. The first kappa shape index (κ1) is 25.4. The summed E-state index contributed by atoms with van der Waals surface area (Å²) in [7, 11) is -1.98. The van der Waals surface area contributed by atoms with Gasteiger partial charge in [-0.15, -0.1) is 0 Å². The van der Waals surface area contributed by atoms with Crippen molar-refractivity contribution in [2.75, 3.05) is 0 Å². The Morgan fingerprint density at radius 2 is 1.31 bits per heavy atom. The SMILES string of the molecule is CC1=C(C/C=C(C)/C=C/[P+](c2ccccc2)(c2ccccc2)c2ccccc2)C(C)(C)C[C@H](O)C1. The lowest BCUT2D eigenvalue weighted by Gasteiger charge is -2.37. The summed E-state index contributed by atoms with van der Waals surface area (Å²) < 4.78 is 0. The quantitative estimate of drug-likeness (QED) is 0.213. The molecule has 0 bridgehead atoms. The largest absolute Gasteiger partial charge is 0.393 e. The normalized spacial score (nSPS) is 18.8. The molecule has 35 heavy (non-hydrogen) atoms. The van der Waals surface area contributed by atoms with Gasteiger partial charge in [0, 0.05) is 0 Å². The van der Waals surface area contributed by atoms with Gasteiger partial charge in [0.2, 0.25) is 0 Å². The molecule has 0 saturated heterocycles. The van der Waals surface area contributed by atoms with Crippen LogP contribution in [0.15, 0.2) is 126 Å². The first-order chi connectivity index (χ1) is 16.8. The molecule has 0 unspecified atom stereocenters. The molecule has 0 aromatic heterocycles. The Kier molecular flexibility index (Phi) is 7.90. The minimum Gasteiger partial charge on any atom is -0.393 e. The summed E-state index contributed by atoms with van der Waals surface area (Å²) in [5, 5.41) is 14.3. The van der Waals surface area contributed by atoms with Gasteiger partial charge in [0.1, 0.15) is 23.2 Å². The Hall–Kier alpha value is -2.73. The Balaban J connectivity index is 1.77. The first-order valence-corrected chi connectivity index (χ1v) is 14.5. The molecule has 3 aromatic carbocycles. The lowest BCUT2D eigenvalue weighted by molar-refractivity contribution is 0.114. The van der Waals surface area contributed by atoms with Gasteiger partial charge in [-0.3, -0.25) is 0 Å². The minimum absolute atomic E-state index is 0.0388. The van der Waals surface area contributed by atoms with Gasteiger partial charge in [0.05, 0.1) is 11.9 Å². The second-order valence-electron chi connectivity index (χ2n) is 10.4. The molecule has 180 valence electrons. The van der Waals surface area contributed by atoms with Gasteiger partial charge in [0.15, 0.2) is 0 Å². The first-order valence-electron chi connectivity index (χ1n) is 12.6. The van der Waals surface area contributed by atoms with Gasteiger partial charge >= 0.3 is 0 Å². The third-order valence-corrected chi connectivity index (χ3v) is 11.2. The van der Waals surface area contributed by atoms with E-state index in [2.05, 4.69) is 137 Å². The van der Waals surface area contributed by atoms with E-state index in [4.69, 9.17) is 0 Å². The van der Waals surface area contributed by atoms with Crippen molar-refractivity contribution in [3.8, 4) is 0 Å². The van der Waals surface area contributed by atoms with Gasteiger partial charge in [-0.05, 0) is 81.0 Å². The number of aliphatic hydroxyl groups is 1. The molecule has 1 N–H and O–H groups in total. The highest BCUT2D eigenvalue weighted by Gasteiger charge is 2.43. The van der Waals surface area contributed by atoms with Gasteiger partial charge in [0.25, 0.3) is 0 Å². The van der Waals surface area contributed by atoms with Crippen LogP contribution in [-0.2, 0) is 0 Å². The Labute approximate surface area is 212 Å². The molecule has 0 fully saturated rings. The highest BCUT2D eigenvalue weighted by Crippen LogP contribution is 2.57. The van der Waals surface area contributed by atoms with Crippen molar-refractivity contribution < 1.29 is 5.11 Å². The Bertz CT molecular complexity index is 1110. The molecule has 1 nitrogen and oxygen atoms in total. The van der Waals surface area contributed by atoms with Crippen molar-refractivity contribution in [1.29, 1.82) is 0 Å². The molecule has 0 aliphatic heterocycles. The molecule has 4 rings (SSSR count). The Morgan fingerprint density at radius 1 is 0.857 bits per heavy atom. The van der Waals surface area contributed by atoms with Crippen LogP contribution >= 0.6 is 7.26 Å². The zero-order valence-electron chi connectivity index (χ0n) is 21.5. The fourth-order valence-electron chi connectivity index (χ4n) is 5.54. The van der Waals surface area contributed by atoms with Gasteiger partial charge < -0.3 is 5.11 Å². The molecule has 2 heteroatoms. The molecule has 3 aromatic rings. The van der Waals surface area contributed by atoms with E-state index in [0.29, 0.717) is 0 Å². The smallest absolute Gasteiger partial charge is 0.136 e. The van der Waals surface area contributed by atoms with Crippen LogP contribution in [0, 0.1) is 5.41 Å². The Morgan fingerprint density at radius 3 is 1.74 bits per heavy atom. The zero-order valence-corrected chi connectivity index (χ0v) is 22.4. The van der Waals surface area contributed by atoms with E-state index in [1.807, 2.05) is 0 Å². The second kappa shape index (κ2) is 10.9. The molecule has 0 amide bonds. The fourth-order valence-corrected chi connectivity index (χ4v) is 9.34. The van der Waals surface area contributed by atoms with Crippen LogP contribution in [0.1, 0.15) is 47.0 Å². The van der Waals surface area contributed by atoms with E-state index in [1.165, 1.54) is 32.6 Å². The standard InChI is InChI=1S/C33H38OP/c1-26(20-21-32-27(2)24-28(34)25-33(32,3)4)22-23-35(29-14-8-5-9-15-29,30-16-10-6-11-17-30)31-18-12-7-13-19-31/h5-20,22-23,28,34H,21,24-25H2,1-4H3/q+1/b23-22+,26-20+/t28-/m1/s1. The molecule has 0 radical (unpaired) electrons. The van der Waals surface area contributed by atoms with Crippen molar-refractivity contribution in [3.63, 3.8) is 0 Å². The summed E-state index contributed by atoms with van der Waals surface area (Å²) in [5.41, 5.74) is 4.14. The predicted octanol–water partition coefficient (Wildman–Crippen LogP) is 7.33. The summed E-state index contributed by atoms with van der Waals surface area (Å²) in [6, 6.07) is 32.9. The molecule has 0 heterocycles. The van der Waals surface area contributed by atoms with E-state index < -0.39 is 7.26 Å². The number of hydrogen-bond donors (Lipinski definition) is 1. The van der Waals surface area contributed by atoms with Crippen molar-refractivity contribution in [2.45, 2.75) is 53.1 Å². The van der Waals surface area contributed by atoms with Crippen molar-refractivity contribution in [3.05, 3.63) is 126 Å². The molecule has 0 spiro atoms. The second-order valence-corrected chi connectivity index (χ2v) is 13.7. The van der Waals surface area contributed by atoms with Crippen LogP contribution in [0.4, 0.5) is 0 Å². The minimum atomic E-state index is -1.98.